The maximum Gasteiger partial charge on any atom is 0.472 e. The van der Waals surface area contributed by atoms with Gasteiger partial charge in [0.2, 0.25) is 5.91 Å². The van der Waals surface area contributed by atoms with Gasteiger partial charge in [0.25, 0.3) is 0 Å². The van der Waals surface area contributed by atoms with E-state index in [-0.39, 0.29) is 32.1 Å². The van der Waals surface area contributed by atoms with Crippen LogP contribution in [0.15, 0.2) is 85.1 Å². The number of hydrogen-bond donors (Lipinski definition) is 3. The smallest absolute Gasteiger partial charge is 0.463 e. The molecule has 10 heteroatoms. The van der Waals surface area contributed by atoms with E-state index in [4.69, 9.17) is 13.8 Å². The van der Waals surface area contributed by atoms with E-state index in [2.05, 4.69) is 104 Å². The number of carbonyl (C=O) groups is 2. The van der Waals surface area contributed by atoms with Gasteiger partial charge in [-0.2, -0.15) is 0 Å². The van der Waals surface area contributed by atoms with Crippen LogP contribution in [0.1, 0.15) is 187 Å². The van der Waals surface area contributed by atoms with Gasteiger partial charge in [-0.15, -0.1) is 0 Å². The number of carbonyl (C=O) groups excluding carboxylic acids is 2. The first-order valence-electron chi connectivity index (χ1n) is 23.6. The Balaban J connectivity index is 3.65. The highest BCUT2D eigenvalue weighted by atomic mass is 31.2. The van der Waals surface area contributed by atoms with Crippen LogP contribution in [0.4, 0.5) is 0 Å². The summed E-state index contributed by atoms with van der Waals surface area (Å²) in [6.07, 6.45) is 57.9. The van der Waals surface area contributed by atoms with Crippen molar-refractivity contribution in [1.29, 1.82) is 0 Å². The van der Waals surface area contributed by atoms with Crippen molar-refractivity contribution in [1.82, 2.24) is 5.32 Å². The lowest BCUT2D eigenvalue weighted by Gasteiger charge is -2.15. The quantitative estimate of drug-likeness (QED) is 0.0239. The summed E-state index contributed by atoms with van der Waals surface area (Å²) in [6.45, 7) is 3.38. The molecule has 60 heavy (non-hydrogen) atoms. The van der Waals surface area contributed by atoms with Gasteiger partial charge in [-0.1, -0.05) is 170 Å². The van der Waals surface area contributed by atoms with Gasteiger partial charge in [0.1, 0.15) is 12.7 Å². The molecular weight excluding hydrogens is 774 g/mol. The fourth-order valence-corrected chi connectivity index (χ4v) is 6.78. The molecule has 0 saturated carbocycles. The van der Waals surface area contributed by atoms with Gasteiger partial charge >= 0.3 is 13.8 Å². The lowest BCUT2D eigenvalue weighted by atomic mass is 10.1. The number of rotatable bonds is 43. The van der Waals surface area contributed by atoms with Crippen LogP contribution in [-0.4, -0.2) is 54.3 Å². The van der Waals surface area contributed by atoms with Gasteiger partial charge in [-0.3, -0.25) is 18.6 Å². The zero-order valence-corrected chi connectivity index (χ0v) is 38.8. The van der Waals surface area contributed by atoms with Crippen molar-refractivity contribution < 1.29 is 37.9 Å². The summed E-state index contributed by atoms with van der Waals surface area (Å²) in [7, 11) is -4.43. The van der Waals surface area contributed by atoms with Crippen LogP contribution < -0.4 is 5.32 Å². The number of phosphoric ester groups is 1. The molecule has 0 aliphatic heterocycles. The van der Waals surface area contributed by atoms with E-state index in [1.54, 1.807) is 0 Å². The molecular formula is C50H86NO8P. The maximum atomic E-state index is 12.1. The standard InChI is InChI=1S/C50H86NO8P/c1-3-5-7-9-11-13-15-17-19-21-23-24-25-27-29-31-33-35-37-39-41-43-50(54)57-46-48(52)47-59-60(55,56)58-45-44-51-49(53)42-40-38-36-34-32-30-28-26-22-20-18-16-14-12-10-8-6-4-2/h5,7,11,13-14,16-17,19-20,22-24,27,29,48,52H,3-4,6,8-10,12,15,18,21,25-26,28,30-47H2,1-2H3,(H,51,53)(H,55,56)/b7-5-,13-11-,16-14-,19-17-,22-20-,24-23-,29-27-. The second-order valence-electron chi connectivity index (χ2n) is 15.3. The van der Waals surface area contributed by atoms with Crippen molar-refractivity contribution in [3.63, 3.8) is 0 Å². The van der Waals surface area contributed by atoms with Crippen LogP contribution in [-0.2, 0) is 27.9 Å². The maximum absolute atomic E-state index is 12.1. The first kappa shape index (κ1) is 57.2. The highest BCUT2D eigenvalue weighted by Crippen LogP contribution is 2.42. The molecule has 0 saturated heterocycles. The molecule has 0 aromatic carbocycles. The minimum absolute atomic E-state index is 0.0704. The molecule has 0 aliphatic rings. The number of phosphoric acid groups is 1. The lowest BCUT2D eigenvalue weighted by molar-refractivity contribution is -0.147. The van der Waals surface area contributed by atoms with Gasteiger partial charge in [0.05, 0.1) is 13.2 Å². The molecule has 3 N–H and O–H groups in total. The van der Waals surface area contributed by atoms with E-state index in [0.717, 1.165) is 96.3 Å². The van der Waals surface area contributed by atoms with Crippen LogP contribution in [0.3, 0.4) is 0 Å². The molecule has 0 bridgehead atoms. The lowest BCUT2D eigenvalue weighted by Crippen LogP contribution is -2.27. The molecule has 0 aromatic heterocycles. The average Bonchev–Trinajstić information content (AvgIpc) is 3.23. The number of hydrogen-bond acceptors (Lipinski definition) is 7. The molecule has 0 rings (SSSR count). The number of aliphatic hydroxyl groups is 1. The Labute approximate surface area is 366 Å². The van der Waals surface area contributed by atoms with E-state index < -0.39 is 26.5 Å². The summed E-state index contributed by atoms with van der Waals surface area (Å²) in [5.74, 6) is -0.548. The second kappa shape index (κ2) is 45.7. The molecule has 2 atom stereocenters. The fraction of sp³-hybridized carbons (Fsp3) is 0.680. The minimum Gasteiger partial charge on any atom is -0.463 e. The second-order valence-corrected chi connectivity index (χ2v) is 16.8. The van der Waals surface area contributed by atoms with Gasteiger partial charge < -0.3 is 20.1 Å². The number of nitrogens with one attached hydrogen (secondary N) is 1. The third-order valence-electron chi connectivity index (χ3n) is 9.56. The van der Waals surface area contributed by atoms with Gasteiger partial charge in [-0.05, 0) is 89.9 Å². The number of amides is 1. The minimum atomic E-state index is -4.43. The number of unbranched alkanes of at least 4 members (excludes halogenated alkanes) is 16. The van der Waals surface area contributed by atoms with Crippen molar-refractivity contribution in [3.8, 4) is 0 Å². The average molecular weight is 860 g/mol. The molecule has 9 nitrogen and oxygen atoms in total. The highest BCUT2D eigenvalue weighted by Gasteiger charge is 2.23. The Bertz CT molecular complexity index is 1250. The summed E-state index contributed by atoms with van der Waals surface area (Å²) < 4.78 is 26.9. The predicted octanol–water partition coefficient (Wildman–Crippen LogP) is 13.6. The summed E-state index contributed by atoms with van der Waals surface area (Å²) >= 11 is 0. The zero-order chi connectivity index (χ0) is 43.9. The summed E-state index contributed by atoms with van der Waals surface area (Å²) in [6, 6.07) is 0. The molecule has 0 heterocycles. The van der Waals surface area contributed by atoms with Crippen LogP contribution in [0, 0.1) is 0 Å². The number of esters is 1. The first-order chi connectivity index (χ1) is 29.3. The van der Waals surface area contributed by atoms with Gasteiger partial charge in [0, 0.05) is 19.4 Å². The monoisotopic (exact) mass is 860 g/mol. The molecule has 0 radical (unpaired) electrons. The van der Waals surface area contributed by atoms with Crippen LogP contribution in [0.25, 0.3) is 0 Å². The molecule has 0 fully saturated rings. The van der Waals surface area contributed by atoms with Crippen LogP contribution in [0.5, 0.6) is 0 Å². The zero-order valence-electron chi connectivity index (χ0n) is 37.9. The predicted molar refractivity (Wildman–Crippen MR) is 252 cm³/mol. The molecule has 2 unspecified atom stereocenters. The SMILES string of the molecule is CC/C=C\C/C=C\C/C=C\C/C=C\C/C=C\CCCCCCCC(=O)OCC(O)COP(=O)(O)OCCNC(=O)CCCCCCCCC/C=C\C/C=C\CCCCCC. The molecule has 0 aromatic rings. The third-order valence-corrected chi connectivity index (χ3v) is 10.5. The van der Waals surface area contributed by atoms with E-state index in [0.29, 0.717) is 12.8 Å². The van der Waals surface area contributed by atoms with Crippen LogP contribution in [0.2, 0.25) is 0 Å². The van der Waals surface area contributed by atoms with Crippen molar-refractivity contribution >= 4 is 19.7 Å². The Morgan fingerprint density at radius 2 is 0.950 bits per heavy atom. The van der Waals surface area contributed by atoms with Crippen LogP contribution >= 0.6 is 7.82 Å². The highest BCUT2D eigenvalue weighted by molar-refractivity contribution is 7.47. The number of allylic oxidation sites excluding steroid dienone is 14. The summed E-state index contributed by atoms with van der Waals surface area (Å²) in [5.41, 5.74) is 0. The van der Waals surface area contributed by atoms with Crippen molar-refractivity contribution in [2.45, 2.75) is 193 Å². The van der Waals surface area contributed by atoms with E-state index in [9.17, 15) is 24.2 Å². The van der Waals surface area contributed by atoms with Gasteiger partial charge in [-0.25, -0.2) is 4.57 Å². The van der Waals surface area contributed by atoms with Crippen molar-refractivity contribution in [3.05, 3.63) is 85.1 Å². The first-order valence-corrected chi connectivity index (χ1v) is 25.1. The largest absolute Gasteiger partial charge is 0.472 e. The summed E-state index contributed by atoms with van der Waals surface area (Å²) in [5, 5.41) is 12.7. The Kier molecular flexibility index (Phi) is 43.6. The Morgan fingerprint density at radius 1 is 0.533 bits per heavy atom. The molecule has 0 spiro atoms. The molecule has 344 valence electrons. The third kappa shape index (κ3) is 46.3. The van der Waals surface area contributed by atoms with E-state index >= 15 is 0 Å². The fourth-order valence-electron chi connectivity index (χ4n) is 6.02. The van der Waals surface area contributed by atoms with E-state index in [1.807, 2.05) is 0 Å². The normalized spacial score (nSPS) is 14.0. The molecule has 1 amide bonds. The summed E-state index contributed by atoms with van der Waals surface area (Å²) in [4.78, 5) is 34.0. The van der Waals surface area contributed by atoms with E-state index in [1.165, 1.54) is 57.8 Å². The molecule has 0 aliphatic carbocycles. The number of ether oxygens (including phenoxy) is 1. The Morgan fingerprint density at radius 3 is 1.43 bits per heavy atom. The van der Waals surface area contributed by atoms with Crippen molar-refractivity contribution in [2.75, 3.05) is 26.4 Å². The topological polar surface area (TPSA) is 131 Å². The van der Waals surface area contributed by atoms with Gasteiger partial charge in [0.15, 0.2) is 0 Å². The van der Waals surface area contributed by atoms with Crippen molar-refractivity contribution in [2.24, 2.45) is 0 Å². The number of aliphatic hydroxyl groups excluding tert-OH is 1. The Hall–Kier alpha value is -2.81.